The number of benzene rings is 1. The van der Waals surface area contributed by atoms with Crippen molar-refractivity contribution in [1.82, 2.24) is 19.9 Å². The monoisotopic (exact) mass is 413 g/mol. The highest BCUT2D eigenvalue weighted by Crippen LogP contribution is 2.33. The molecule has 0 spiro atoms. The molecule has 158 valence electrons. The molecule has 3 aromatic rings. The highest BCUT2D eigenvalue weighted by molar-refractivity contribution is 5.95. The van der Waals surface area contributed by atoms with Crippen molar-refractivity contribution in [2.24, 2.45) is 0 Å². The Morgan fingerprint density at radius 2 is 1.77 bits per heavy atom. The van der Waals surface area contributed by atoms with Gasteiger partial charge in [0.25, 0.3) is 5.91 Å². The fourth-order valence-corrected chi connectivity index (χ4v) is 4.65. The maximum atomic E-state index is 13.5. The molecular formula is C25H27N5O. The largest absolute Gasteiger partial charge is 0.372 e. The van der Waals surface area contributed by atoms with Crippen molar-refractivity contribution in [1.29, 1.82) is 0 Å². The highest BCUT2D eigenvalue weighted by Gasteiger charge is 2.32. The third-order valence-electron chi connectivity index (χ3n) is 6.24. The fourth-order valence-electron chi connectivity index (χ4n) is 4.65. The highest BCUT2D eigenvalue weighted by atomic mass is 16.2. The van der Waals surface area contributed by atoms with Gasteiger partial charge in [0, 0.05) is 43.3 Å². The normalized spacial score (nSPS) is 18.9. The Bertz CT molecular complexity index is 1050. The van der Waals surface area contributed by atoms with Crippen LogP contribution in [0.4, 0.5) is 5.69 Å². The molecule has 6 nitrogen and oxygen atoms in total. The molecule has 2 aliphatic rings. The lowest BCUT2D eigenvalue weighted by molar-refractivity contribution is 0.0733. The lowest BCUT2D eigenvalue weighted by Crippen LogP contribution is -2.32. The van der Waals surface area contributed by atoms with E-state index >= 15 is 0 Å². The molecule has 6 heteroatoms. The summed E-state index contributed by atoms with van der Waals surface area (Å²) < 4.78 is 0. The zero-order valence-electron chi connectivity index (χ0n) is 17.7. The van der Waals surface area contributed by atoms with Crippen LogP contribution in [-0.2, 0) is 0 Å². The number of hydrogen-bond acceptors (Lipinski definition) is 5. The van der Waals surface area contributed by atoms with E-state index in [-0.39, 0.29) is 11.9 Å². The third kappa shape index (κ3) is 4.15. The number of hydrogen-bond donors (Lipinski definition) is 0. The zero-order valence-corrected chi connectivity index (χ0v) is 17.7. The Labute approximate surface area is 183 Å². The lowest BCUT2D eigenvalue weighted by Gasteiger charge is -2.29. The fraction of sp³-hybridized carbons (Fsp3) is 0.360. The maximum Gasteiger partial charge on any atom is 0.254 e. The summed E-state index contributed by atoms with van der Waals surface area (Å²) in [5, 5.41) is 0. The van der Waals surface area contributed by atoms with Gasteiger partial charge in [-0.2, -0.15) is 0 Å². The second-order valence-electron chi connectivity index (χ2n) is 8.27. The Morgan fingerprint density at radius 1 is 0.871 bits per heavy atom. The van der Waals surface area contributed by atoms with Gasteiger partial charge in [0.2, 0.25) is 0 Å². The number of anilines is 1. The van der Waals surface area contributed by atoms with E-state index in [1.54, 1.807) is 12.4 Å². The standard InChI is InChI=1S/C25H27N5O/c31-25(19-8-6-9-20(18-19)29-15-4-1-5-16-29)30-17-7-11-23(30)21-12-14-27-24(28-21)22-10-2-3-13-26-22/h2-3,6,8-10,12-14,18,23H,1,4-5,7,11,15-17H2. The van der Waals surface area contributed by atoms with Gasteiger partial charge in [-0.1, -0.05) is 12.1 Å². The van der Waals surface area contributed by atoms with Crippen LogP contribution in [-0.4, -0.2) is 45.4 Å². The van der Waals surface area contributed by atoms with E-state index in [0.29, 0.717) is 5.82 Å². The number of nitrogens with zero attached hydrogens (tertiary/aromatic N) is 5. The van der Waals surface area contributed by atoms with E-state index in [0.717, 1.165) is 55.1 Å². The van der Waals surface area contributed by atoms with Crippen LogP contribution in [0.1, 0.15) is 54.2 Å². The van der Waals surface area contributed by atoms with Crippen molar-refractivity contribution in [3.63, 3.8) is 0 Å². The van der Waals surface area contributed by atoms with Crippen LogP contribution in [0, 0.1) is 0 Å². The second kappa shape index (κ2) is 8.84. The summed E-state index contributed by atoms with van der Waals surface area (Å²) in [5.74, 6) is 0.684. The SMILES string of the molecule is O=C(c1cccc(N2CCCCC2)c1)N1CCCC1c1ccnc(-c2ccccn2)n1. The molecule has 2 saturated heterocycles. The molecule has 0 radical (unpaired) electrons. The number of likely N-dealkylation sites (tertiary alicyclic amines) is 1. The summed E-state index contributed by atoms with van der Waals surface area (Å²) in [7, 11) is 0. The molecule has 1 amide bonds. The summed E-state index contributed by atoms with van der Waals surface area (Å²) in [6, 6.07) is 15.7. The van der Waals surface area contributed by atoms with Crippen molar-refractivity contribution in [3.05, 3.63) is 72.2 Å². The minimum atomic E-state index is -0.0309. The number of pyridine rings is 1. The summed E-state index contributed by atoms with van der Waals surface area (Å²) >= 11 is 0. The Balaban J connectivity index is 1.39. The molecule has 0 aliphatic carbocycles. The first-order valence-electron chi connectivity index (χ1n) is 11.2. The van der Waals surface area contributed by atoms with Crippen LogP contribution in [0.25, 0.3) is 11.5 Å². The molecular weight excluding hydrogens is 386 g/mol. The first-order valence-corrected chi connectivity index (χ1v) is 11.2. The molecule has 0 bridgehead atoms. The molecule has 1 unspecified atom stereocenters. The van der Waals surface area contributed by atoms with Gasteiger partial charge in [0.1, 0.15) is 5.69 Å². The Morgan fingerprint density at radius 3 is 2.61 bits per heavy atom. The number of rotatable bonds is 4. The number of carbonyl (C=O) groups excluding carboxylic acids is 1. The molecule has 2 aromatic heterocycles. The minimum Gasteiger partial charge on any atom is -0.372 e. The van der Waals surface area contributed by atoms with Crippen molar-refractivity contribution in [2.75, 3.05) is 24.5 Å². The predicted molar refractivity (Wildman–Crippen MR) is 121 cm³/mol. The average Bonchev–Trinajstić information content (AvgIpc) is 3.35. The molecule has 2 fully saturated rings. The topological polar surface area (TPSA) is 62.2 Å². The zero-order chi connectivity index (χ0) is 21.0. The van der Waals surface area contributed by atoms with Gasteiger partial charge in [0.05, 0.1) is 11.7 Å². The molecule has 5 rings (SSSR count). The molecule has 1 atom stereocenters. The van der Waals surface area contributed by atoms with E-state index in [4.69, 9.17) is 4.98 Å². The molecule has 0 N–H and O–H groups in total. The lowest BCUT2D eigenvalue weighted by atomic mass is 10.1. The summed E-state index contributed by atoms with van der Waals surface area (Å²) in [6.07, 6.45) is 9.14. The summed E-state index contributed by atoms with van der Waals surface area (Å²) in [5.41, 5.74) is 3.54. The van der Waals surface area contributed by atoms with Gasteiger partial charge in [-0.05, 0) is 68.5 Å². The summed E-state index contributed by atoms with van der Waals surface area (Å²) in [4.78, 5) is 31.4. The average molecular weight is 414 g/mol. The quantitative estimate of drug-likeness (QED) is 0.630. The van der Waals surface area contributed by atoms with Crippen LogP contribution in [0.2, 0.25) is 0 Å². The molecule has 1 aromatic carbocycles. The third-order valence-corrected chi connectivity index (χ3v) is 6.24. The first-order chi connectivity index (χ1) is 15.3. The van der Waals surface area contributed by atoms with Gasteiger partial charge in [-0.15, -0.1) is 0 Å². The maximum absolute atomic E-state index is 13.5. The van der Waals surface area contributed by atoms with Crippen LogP contribution in [0.3, 0.4) is 0 Å². The number of piperidine rings is 1. The van der Waals surface area contributed by atoms with Gasteiger partial charge in [0.15, 0.2) is 5.82 Å². The molecule has 31 heavy (non-hydrogen) atoms. The Hall–Kier alpha value is -3.28. The number of amides is 1. The van der Waals surface area contributed by atoms with E-state index in [2.05, 4.69) is 27.0 Å². The van der Waals surface area contributed by atoms with Crippen LogP contribution in [0.15, 0.2) is 60.9 Å². The van der Waals surface area contributed by atoms with Gasteiger partial charge in [-0.25, -0.2) is 9.97 Å². The molecule has 4 heterocycles. The van der Waals surface area contributed by atoms with Gasteiger partial charge >= 0.3 is 0 Å². The van der Waals surface area contributed by atoms with E-state index < -0.39 is 0 Å². The van der Waals surface area contributed by atoms with Crippen molar-refractivity contribution in [3.8, 4) is 11.5 Å². The van der Waals surface area contributed by atoms with E-state index in [9.17, 15) is 4.79 Å². The molecule has 0 saturated carbocycles. The van der Waals surface area contributed by atoms with Crippen LogP contribution < -0.4 is 4.90 Å². The van der Waals surface area contributed by atoms with Crippen molar-refractivity contribution in [2.45, 2.75) is 38.1 Å². The second-order valence-corrected chi connectivity index (χ2v) is 8.27. The molecule has 2 aliphatic heterocycles. The smallest absolute Gasteiger partial charge is 0.254 e. The van der Waals surface area contributed by atoms with Crippen molar-refractivity contribution < 1.29 is 4.79 Å². The van der Waals surface area contributed by atoms with E-state index in [1.807, 2.05) is 41.3 Å². The first kappa shape index (κ1) is 19.7. The predicted octanol–water partition coefficient (Wildman–Crippen LogP) is 4.51. The summed E-state index contributed by atoms with van der Waals surface area (Å²) in [6.45, 7) is 2.89. The Kier molecular flexibility index (Phi) is 5.61. The van der Waals surface area contributed by atoms with Crippen LogP contribution >= 0.6 is 0 Å². The van der Waals surface area contributed by atoms with Crippen molar-refractivity contribution >= 4 is 11.6 Å². The van der Waals surface area contributed by atoms with Crippen LogP contribution in [0.5, 0.6) is 0 Å². The van der Waals surface area contributed by atoms with E-state index in [1.165, 1.54) is 19.3 Å². The van der Waals surface area contributed by atoms with Gasteiger partial charge < -0.3 is 9.80 Å². The van der Waals surface area contributed by atoms with Gasteiger partial charge in [-0.3, -0.25) is 9.78 Å². The number of carbonyl (C=O) groups is 1. The number of aromatic nitrogens is 3. The minimum absolute atomic E-state index is 0.0309.